The van der Waals surface area contributed by atoms with Crippen LogP contribution in [0.3, 0.4) is 0 Å². The molecule has 1 aromatic carbocycles. The zero-order chi connectivity index (χ0) is 15.6. The zero-order valence-electron chi connectivity index (χ0n) is 11.1. The number of rotatable bonds is 5. The van der Waals surface area contributed by atoms with Gasteiger partial charge in [0.25, 0.3) is 0 Å². The highest BCUT2D eigenvalue weighted by Crippen LogP contribution is 2.28. The Morgan fingerprint density at radius 1 is 1.48 bits per heavy atom. The van der Waals surface area contributed by atoms with Crippen molar-refractivity contribution in [2.45, 2.75) is 10.9 Å². The van der Waals surface area contributed by atoms with Crippen LogP contribution in [0.1, 0.15) is 0 Å². The van der Waals surface area contributed by atoms with Crippen LogP contribution in [-0.2, 0) is 19.6 Å². The lowest BCUT2D eigenvalue weighted by Gasteiger charge is -2.17. The number of carboxylic acids is 1. The van der Waals surface area contributed by atoms with E-state index < -0.39 is 28.0 Å². The smallest absolute Gasteiger partial charge is 0.310 e. The maximum Gasteiger partial charge on any atom is 0.310 e. The Labute approximate surface area is 130 Å². The summed E-state index contributed by atoms with van der Waals surface area (Å²) in [4.78, 5) is 11.0. The molecule has 2 rings (SSSR count). The van der Waals surface area contributed by atoms with Crippen molar-refractivity contribution in [2.24, 2.45) is 5.92 Å². The largest absolute Gasteiger partial charge is 0.495 e. The van der Waals surface area contributed by atoms with Crippen LogP contribution in [0.4, 0.5) is 0 Å². The van der Waals surface area contributed by atoms with E-state index in [9.17, 15) is 13.2 Å². The predicted molar refractivity (Wildman–Crippen MR) is 76.7 cm³/mol. The second kappa shape index (κ2) is 6.30. The molecule has 0 aliphatic carbocycles. The Morgan fingerprint density at radius 3 is 2.81 bits per heavy atom. The summed E-state index contributed by atoms with van der Waals surface area (Å²) in [6.45, 7) is 0.00462. The van der Waals surface area contributed by atoms with Gasteiger partial charge in [0.2, 0.25) is 10.0 Å². The van der Waals surface area contributed by atoms with E-state index in [1.807, 2.05) is 0 Å². The van der Waals surface area contributed by atoms with Crippen molar-refractivity contribution >= 4 is 31.9 Å². The number of carbonyl (C=O) groups is 1. The summed E-state index contributed by atoms with van der Waals surface area (Å²) in [5.74, 6) is -1.82. The summed E-state index contributed by atoms with van der Waals surface area (Å²) in [7, 11) is -2.56. The Morgan fingerprint density at radius 2 is 2.19 bits per heavy atom. The maximum absolute atomic E-state index is 12.4. The average molecular weight is 380 g/mol. The minimum atomic E-state index is -3.92. The monoisotopic (exact) mass is 379 g/mol. The van der Waals surface area contributed by atoms with E-state index in [4.69, 9.17) is 14.6 Å². The number of hydrogen-bond donors (Lipinski definition) is 2. The predicted octanol–water partition coefficient (Wildman–Crippen LogP) is 0.836. The van der Waals surface area contributed by atoms with E-state index in [0.717, 1.165) is 0 Å². The van der Waals surface area contributed by atoms with Crippen LogP contribution in [0.2, 0.25) is 0 Å². The minimum Gasteiger partial charge on any atom is -0.495 e. The van der Waals surface area contributed by atoms with Crippen molar-refractivity contribution < 1.29 is 27.8 Å². The van der Waals surface area contributed by atoms with Gasteiger partial charge in [0.05, 0.1) is 32.3 Å². The number of aliphatic carboxylic acids is 1. The highest BCUT2D eigenvalue weighted by atomic mass is 79.9. The van der Waals surface area contributed by atoms with Crippen LogP contribution in [0, 0.1) is 5.92 Å². The summed E-state index contributed by atoms with van der Waals surface area (Å²) in [6.07, 6.45) is 0. The summed E-state index contributed by atoms with van der Waals surface area (Å²) in [5, 5.41) is 9.05. The average Bonchev–Trinajstić information content (AvgIpc) is 2.86. The highest BCUT2D eigenvalue weighted by molar-refractivity contribution is 9.10. The summed E-state index contributed by atoms with van der Waals surface area (Å²) in [5.41, 5.74) is 0. The molecule has 0 amide bonds. The van der Waals surface area contributed by atoms with Gasteiger partial charge in [-0.1, -0.05) is 15.9 Å². The highest BCUT2D eigenvalue weighted by Gasteiger charge is 2.37. The van der Waals surface area contributed by atoms with Crippen molar-refractivity contribution in [2.75, 3.05) is 20.3 Å². The van der Waals surface area contributed by atoms with Gasteiger partial charge in [0.1, 0.15) is 10.6 Å². The molecule has 1 aliphatic heterocycles. The Hall–Kier alpha value is -1.16. The van der Waals surface area contributed by atoms with Gasteiger partial charge in [-0.3, -0.25) is 4.79 Å². The fourth-order valence-corrected chi connectivity index (χ4v) is 4.01. The standard InChI is InChI=1S/C12H14BrNO6S/c1-19-10-3-2-7(13)4-11(10)21(17,18)14-9-6-20-5-8(9)12(15)16/h2-4,8-9,14H,5-6H2,1H3,(H,15,16). The van der Waals surface area contributed by atoms with Crippen molar-refractivity contribution in [3.05, 3.63) is 22.7 Å². The molecule has 1 heterocycles. The molecule has 2 unspecified atom stereocenters. The van der Waals surface area contributed by atoms with Crippen LogP contribution < -0.4 is 9.46 Å². The van der Waals surface area contributed by atoms with Crippen molar-refractivity contribution in [1.82, 2.24) is 4.72 Å². The van der Waals surface area contributed by atoms with Crippen molar-refractivity contribution in [1.29, 1.82) is 0 Å². The van der Waals surface area contributed by atoms with Crippen molar-refractivity contribution in [3.8, 4) is 5.75 Å². The molecule has 116 valence electrons. The van der Waals surface area contributed by atoms with Crippen molar-refractivity contribution in [3.63, 3.8) is 0 Å². The molecule has 2 N–H and O–H groups in total. The third-order valence-corrected chi connectivity index (χ3v) is 5.12. The fourth-order valence-electron chi connectivity index (χ4n) is 2.04. The lowest BCUT2D eigenvalue weighted by molar-refractivity contribution is -0.142. The quantitative estimate of drug-likeness (QED) is 0.785. The third kappa shape index (κ3) is 3.54. The molecule has 1 fully saturated rings. The van der Waals surface area contributed by atoms with Crippen LogP contribution in [0.5, 0.6) is 5.75 Å². The first kappa shape index (κ1) is 16.2. The topological polar surface area (TPSA) is 102 Å². The molecule has 0 spiro atoms. The van der Waals surface area contributed by atoms with Crippen LogP contribution in [-0.4, -0.2) is 45.9 Å². The Kier molecular flexibility index (Phi) is 4.87. The lowest BCUT2D eigenvalue weighted by atomic mass is 10.1. The molecule has 0 bridgehead atoms. The van der Waals surface area contributed by atoms with Crippen LogP contribution in [0.15, 0.2) is 27.6 Å². The minimum absolute atomic E-state index is 0.0157. The van der Waals surface area contributed by atoms with E-state index in [1.165, 1.54) is 19.2 Å². The molecule has 1 saturated heterocycles. The molecule has 9 heteroatoms. The van der Waals surface area contributed by atoms with Gasteiger partial charge >= 0.3 is 5.97 Å². The van der Waals surface area contributed by atoms with Gasteiger partial charge in [-0.15, -0.1) is 0 Å². The lowest BCUT2D eigenvalue weighted by Crippen LogP contribution is -2.42. The summed E-state index contributed by atoms with van der Waals surface area (Å²) >= 11 is 3.20. The number of halogens is 1. The Bertz CT molecular complexity index is 647. The van der Waals surface area contributed by atoms with Gasteiger partial charge in [-0.2, -0.15) is 0 Å². The fraction of sp³-hybridized carbons (Fsp3) is 0.417. The van der Waals surface area contributed by atoms with Gasteiger partial charge in [0.15, 0.2) is 0 Å². The first-order valence-electron chi connectivity index (χ1n) is 6.01. The van der Waals surface area contributed by atoms with E-state index in [1.54, 1.807) is 6.07 Å². The molecule has 7 nitrogen and oxygen atoms in total. The van der Waals surface area contributed by atoms with Gasteiger partial charge in [-0.25, -0.2) is 13.1 Å². The van der Waals surface area contributed by atoms with E-state index in [2.05, 4.69) is 20.7 Å². The molecular formula is C12H14BrNO6S. The summed E-state index contributed by atoms with van der Waals surface area (Å²) in [6, 6.07) is 3.75. The molecule has 0 saturated carbocycles. The molecule has 1 aliphatic rings. The normalized spacial score (nSPS) is 22.2. The van der Waals surface area contributed by atoms with E-state index in [-0.39, 0.29) is 23.9 Å². The maximum atomic E-state index is 12.4. The number of hydrogen-bond acceptors (Lipinski definition) is 5. The second-order valence-corrected chi connectivity index (χ2v) is 7.10. The SMILES string of the molecule is COc1ccc(Br)cc1S(=O)(=O)NC1COCC1C(=O)O. The first-order valence-corrected chi connectivity index (χ1v) is 8.29. The molecule has 0 radical (unpaired) electrons. The number of carboxylic acid groups (broad SMARTS) is 1. The number of benzene rings is 1. The van der Waals surface area contributed by atoms with Gasteiger partial charge in [-0.05, 0) is 18.2 Å². The van der Waals surface area contributed by atoms with E-state index in [0.29, 0.717) is 4.47 Å². The molecule has 1 aromatic rings. The Balaban J connectivity index is 2.30. The van der Waals surface area contributed by atoms with Crippen LogP contribution >= 0.6 is 15.9 Å². The molecule has 2 atom stereocenters. The first-order chi connectivity index (χ1) is 9.85. The molecular weight excluding hydrogens is 366 g/mol. The van der Waals surface area contributed by atoms with Crippen LogP contribution in [0.25, 0.3) is 0 Å². The molecule has 21 heavy (non-hydrogen) atoms. The summed E-state index contributed by atoms with van der Waals surface area (Å²) < 4.78 is 37.9. The number of nitrogens with one attached hydrogen (secondary N) is 1. The van der Waals surface area contributed by atoms with E-state index >= 15 is 0 Å². The molecule has 0 aromatic heterocycles. The number of methoxy groups -OCH3 is 1. The van der Waals surface area contributed by atoms with Gasteiger partial charge in [0, 0.05) is 4.47 Å². The third-order valence-electron chi connectivity index (χ3n) is 3.12. The zero-order valence-corrected chi connectivity index (χ0v) is 13.5. The number of ether oxygens (including phenoxy) is 2. The second-order valence-electron chi connectivity index (χ2n) is 4.51. The van der Waals surface area contributed by atoms with Gasteiger partial charge < -0.3 is 14.6 Å². The number of sulfonamides is 1.